The number of hydrogen-bond acceptors (Lipinski definition) is 4. The highest BCUT2D eigenvalue weighted by Crippen LogP contribution is 2.20. The lowest BCUT2D eigenvalue weighted by Gasteiger charge is -2.22. The van der Waals surface area contributed by atoms with Crippen LogP contribution in [0.25, 0.3) is 0 Å². The van der Waals surface area contributed by atoms with Crippen molar-refractivity contribution in [2.24, 2.45) is 0 Å². The van der Waals surface area contributed by atoms with Gasteiger partial charge in [-0.15, -0.1) is 0 Å². The van der Waals surface area contributed by atoms with Gasteiger partial charge in [0.1, 0.15) is 6.54 Å². The summed E-state index contributed by atoms with van der Waals surface area (Å²) in [5, 5.41) is 2.10. The summed E-state index contributed by atoms with van der Waals surface area (Å²) < 4.78 is 63.4. The van der Waals surface area contributed by atoms with E-state index >= 15 is 0 Å². The van der Waals surface area contributed by atoms with Crippen molar-refractivity contribution in [3.8, 4) is 0 Å². The molecule has 29 heavy (non-hydrogen) atoms. The average Bonchev–Trinajstić information content (AvgIpc) is 2.67. The van der Waals surface area contributed by atoms with E-state index in [0.717, 1.165) is 17.2 Å². The molecule has 2 aromatic rings. The Morgan fingerprint density at radius 1 is 1.07 bits per heavy atom. The van der Waals surface area contributed by atoms with Crippen LogP contribution in [0, 0.1) is 17.5 Å². The maximum absolute atomic E-state index is 13.7. The number of benzene rings is 2. The highest BCUT2D eigenvalue weighted by atomic mass is 32.2. The summed E-state index contributed by atoms with van der Waals surface area (Å²) in [5.41, 5.74) is -0.495. The van der Waals surface area contributed by atoms with Crippen LogP contribution in [0.3, 0.4) is 0 Å². The van der Waals surface area contributed by atoms with Gasteiger partial charge in [0.15, 0.2) is 27.3 Å². The molecule has 0 aliphatic rings. The van der Waals surface area contributed by atoms with Crippen molar-refractivity contribution in [2.75, 3.05) is 24.7 Å². The van der Waals surface area contributed by atoms with Crippen molar-refractivity contribution in [3.05, 3.63) is 59.4 Å². The number of carbonyl (C=O) groups excluding carboxylic acids is 2. The van der Waals surface area contributed by atoms with Crippen LogP contribution in [-0.2, 0) is 14.6 Å². The van der Waals surface area contributed by atoms with Gasteiger partial charge in [-0.1, -0.05) is 13.0 Å². The summed E-state index contributed by atoms with van der Waals surface area (Å²) in [6.45, 7) is 1.43. The molecule has 0 fully saturated rings. The summed E-state index contributed by atoms with van der Waals surface area (Å²) >= 11 is 0. The van der Waals surface area contributed by atoms with Gasteiger partial charge in [0.2, 0.25) is 5.91 Å². The van der Waals surface area contributed by atoms with Gasteiger partial charge in [-0.05, 0) is 36.8 Å². The number of halogens is 3. The largest absolute Gasteiger partial charge is 0.329 e. The topological polar surface area (TPSA) is 83.6 Å². The minimum absolute atomic E-state index is 0.0480. The lowest BCUT2D eigenvalue weighted by Crippen LogP contribution is -2.38. The molecular formula is C19H19F3N2O4S. The van der Waals surface area contributed by atoms with E-state index < -0.39 is 51.3 Å². The maximum atomic E-state index is 13.7. The first kappa shape index (κ1) is 22.4. The highest BCUT2D eigenvalue weighted by Gasteiger charge is 2.21. The van der Waals surface area contributed by atoms with Crippen LogP contribution >= 0.6 is 0 Å². The number of sulfone groups is 1. The van der Waals surface area contributed by atoms with E-state index in [-0.39, 0.29) is 17.0 Å². The molecule has 0 bridgehead atoms. The lowest BCUT2D eigenvalue weighted by atomic mass is 10.2. The zero-order valence-electron chi connectivity index (χ0n) is 15.7. The lowest BCUT2D eigenvalue weighted by molar-refractivity contribution is -0.116. The first-order chi connectivity index (χ1) is 13.5. The van der Waals surface area contributed by atoms with Crippen LogP contribution in [-0.4, -0.2) is 44.5 Å². The fraction of sp³-hybridized carbons (Fsp3) is 0.263. The minimum Gasteiger partial charge on any atom is -0.329 e. The molecular weight excluding hydrogens is 409 g/mol. The van der Waals surface area contributed by atoms with Gasteiger partial charge in [-0.2, -0.15) is 0 Å². The van der Waals surface area contributed by atoms with Crippen LogP contribution in [0.1, 0.15) is 23.7 Å². The zero-order valence-corrected chi connectivity index (χ0v) is 16.5. The Morgan fingerprint density at radius 3 is 2.38 bits per heavy atom. The monoisotopic (exact) mass is 428 g/mol. The molecule has 156 valence electrons. The Hall–Kier alpha value is -2.88. The van der Waals surface area contributed by atoms with Gasteiger partial charge in [0.05, 0.1) is 10.6 Å². The van der Waals surface area contributed by atoms with Gasteiger partial charge in [0.25, 0.3) is 5.91 Å². The summed E-state index contributed by atoms with van der Waals surface area (Å²) in [5.74, 6) is -6.09. The predicted octanol–water partition coefficient (Wildman–Crippen LogP) is 3.00. The van der Waals surface area contributed by atoms with Crippen molar-refractivity contribution >= 4 is 27.3 Å². The molecule has 2 rings (SSSR count). The third-order valence-electron chi connectivity index (χ3n) is 3.93. The normalized spacial score (nSPS) is 11.2. The third kappa shape index (κ3) is 5.57. The van der Waals surface area contributed by atoms with Crippen LogP contribution in [0.15, 0.2) is 41.3 Å². The quantitative estimate of drug-likeness (QED) is 0.688. The standard InChI is InChI=1S/C19H19F3N2O4S/c1-3-9-24(19(26)12-5-4-6-13(10-12)29(2,27)28)11-16(25)23-15-8-7-14(20)17(21)18(15)22/h4-8,10H,3,9,11H2,1-2H3,(H,23,25). The molecule has 1 N–H and O–H groups in total. The fourth-order valence-corrected chi connectivity index (χ4v) is 3.22. The molecule has 0 saturated heterocycles. The molecule has 10 heteroatoms. The van der Waals surface area contributed by atoms with Gasteiger partial charge in [-0.3, -0.25) is 9.59 Å². The maximum Gasteiger partial charge on any atom is 0.254 e. The van der Waals surface area contributed by atoms with Gasteiger partial charge < -0.3 is 10.2 Å². The molecule has 0 radical (unpaired) electrons. The van der Waals surface area contributed by atoms with E-state index in [2.05, 4.69) is 5.32 Å². The third-order valence-corrected chi connectivity index (χ3v) is 5.04. The molecule has 0 aliphatic carbocycles. The van der Waals surface area contributed by atoms with Crippen LogP contribution < -0.4 is 5.32 Å². The SMILES string of the molecule is CCCN(CC(=O)Nc1ccc(F)c(F)c1F)C(=O)c1cccc(S(C)(=O)=O)c1. The molecule has 0 unspecified atom stereocenters. The molecule has 0 spiro atoms. The van der Waals surface area contributed by atoms with Crippen molar-refractivity contribution in [1.29, 1.82) is 0 Å². The van der Waals surface area contributed by atoms with Crippen LogP contribution in [0.5, 0.6) is 0 Å². The van der Waals surface area contributed by atoms with Crippen molar-refractivity contribution in [1.82, 2.24) is 4.90 Å². The second-order valence-electron chi connectivity index (χ2n) is 6.30. The Balaban J connectivity index is 2.20. The number of rotatable bonds is 7. The summed E-state index contributed by atoms with van der Waals surface area (Å²) in [6, 6.07) is 6.89. The Morgan fingerprint density at radius 2 is 1.76 bits per heavy atom. The molecule has 0 aliphatic heterocycles. The first-order valence-corrected chi connectivity index (χ1v) is 10.5. The minimum atomic E-state index is -3.53. The number of nitrogens with one attached hydrogen (secondary N) is 1. The predicted molar refractivity (Wildman–Crippen MR) is 101 cm³/mol. The number of amides is 2. The Bertz CT molecular complexity index is 1040. The van der Waals surface area contributed by atoms with Crippen LogP contribution in [0.4, 0.5) is 18.9 Å². The molecule has 0 heterocycles. The smallest absolute Gasteiger partial charge is 0.254 e. The number of hydrogen-bond donors (Lipinski definition) is 1. The first-order valence-electron chi connectivity index (χ1n) is 8.57. The molecule has 6 nitrogen and oxygen atoms in total. The summed E-state index contributed by atoms with van der Waals surface area (Å²) in [6.07, 6.45) is 1.49. The van der Waals surface area contributed by atoms with E-state index in [4.69, 9.17) is 0 Å². The van der Waals surface area contributed by atoms with Crippen molar-refractivity contribution < 1.29 is 31.2 Å². The molecule has 0 aromatic heterocycles. The number of anilines is 1. The van der Waals surface area contributed by atoms with E-state index in [0.29, 0.717) is 12.5 Å². The Labute approximate surface area is 166 Å². The number of nitrogens with zero attached hydrogens (tertiary/aromatic N) is 1. The molecule has 0 atom stereocenters. The van der Waals surface area contributed by atoms with Crippen molar-refractivity contribution in [3.63, 3.8) is 0 Å². The van der Waals surface area contributed by atoms with E-state index in [1.165, 1.54) is 24.3 Å². The van der Waals surface area contributed by atoms with Crippen molar-refractivity contribution in [2.45, 2.75) is 18.2 Å². The van der Waals surface area contributed by atoms with Gasteiger partial charge in [0, 0.05) is 18.4 Å². The van der Waals surface area contributed by atoms with E-state index in [1.807, 2.05) is 0 Å². The second-order valence-corrected chi connectivity index (χ2v) is 8.31. The Kier molecular flexibility index (Phi) is 7.02. The van der Waals surface area contributed by atoms with E-state index in [9.17, 15) is 31.2 Å². The second kappa shape index (κ2) is 9.08. The van der Waals surface area contributed by atoms with E-state index in [1.54, 1.807) is 6.92 Å². The molecule has 2 amide bonds. The summed E-state index contributed by atoms with van der Waals surface area (Å²) in [7, 11) is -3.53. The fourth-order valence-electron chi connectivity index (χ4n) is 2.55. The average molecular weight is 428 g/mol. The van der Waals surface area contributed by atoms with Gasteiger partial charge >= 0.3 is 0 Å². The highest BCUT2D eigenvalue weighted by molar-refractivity contribution is 7.90. The summed E-state index contributed by atoms with van der Waals surface area (Å²) in [4.78, 5) is 26.1. The molecule has 2 aromatic carbocycles. The number of carbonyl (C=O) groups is 2. The van der Waals surface area contributed by atoms with Crippen LogP contribution in [0.2, 0.25) is 0 Å². The molecule has 0 saturated carbocycles. The van der Waals surface area contributed by atoms with Gasteiger partial charge in [-0.25, -0.2) is 21.6 Å². The zero-order chi connectivity index (χ0) is 21.8.